The summed E-state index contributed by atoms with van der Waals surface area (Å²) >= 11 is 5.80. The molecule has 0 fully saturated rings. The van der Waals surface area contributed by atoms with Crippen LogP contribution in [0.15, 0.2) is 24.3 Å². The number of benzene rings is 1. The summed E-state index contributed by atoms with van der Waals surface area (Å²) in [6, 6.07) is 10.2. The Balaban J connectivity index is 2.21. The van der Waals surface area contributed by atoms with E-state index in [1.807, 2.05) is 31.2 Å². The highest BCUT2D eigenvalue weighted by Crippen LogP contribution is 2.09. The molecule has 0 bridgehead atoms. The van der Waals surface area contributed by atoms with Gasteiger partial charge in [0.2, 0.25) is 0 Å². The van der Waals surface area contributed by atoms with Gasteiger partial charge in [-0.2, -0.15) is 5.26 Å². The first-order valence-corrected chi connectivity index (χ1v) is 5.98. The van der Waals surface area contributed by atoms with Gasteiger partial charge in [0.25, 0.3) is 0 Å². The van der Waals surface area contributed by atoms with E-state index in [0.717, 1.165) is 31.0 Å². The van der Waals surface area contributed by atoms with Crippen LogP contribution in [0.25, 0.3) is 0 Å². The van der Waals surface area contributed by atoms with Gasteiger partial charge in [0, 0.05) is 11.6 Å². The SMILES string of the molecule is CCC(C#N)CNCCc1ccc(Cl)cc1. The first-order valence-electron chi connectivity index (χ1n) is 5.61. The summed E-state index contributed by atoms with van der Waals surface area (Å²) in [6.07, 6.45) is 1.88. The van der Waals surface area contributed by atoms with Gasteiger partial charge < -0.3 is 5.32 Å². The van der Waals surface area contributed by atoms with Crippen molar-refractivity contribution in [3.05, 3.63) is 34.9 Å². The van der Waals surface area contributed by atoms with Gasteiger partial charge in [0.1, 0.15) is 0 Å². The summed E-state index contributed by atoms with van der Waals surface area (Å²) in [5.74, 6) is 0.130. The molecule has 16 heavy (non-hydrogen) atoms. The molecule has 3 heteroatoms. The maximum atomic E-state index is 8.77. The predicted octanol–water partition coefficient (Wildman–Crippen LogP) is 3.02. The Labute approximate surface area is 102 Å². The Morgan fingerprint density at radius 3 is 2.62 bits per heavy atom. The molecule has 0 radical (unpaired) electrons. The molecule has 0 aromatic heterocycles. The summed E-state index contributed by atoms with van der Waals surface area (Å²) in [4.78, 5) is 0. The molecule has 0 amide bonds. The van der Waals surface area contributed by atoms with Gasteiger partial charge in [-0.15, -0.1) is 0 Å². The summed E-state index contributed by atoms with van der Waals surface area (Å²) in [6.45, 7) is 3.72. The normalized spacial score (nSPS) is 12.1. The lowest BCUT2D eigenvalue weighted by Gasteiger charge is -2.07. The number of halogens is 1. The number of hydrogen-bond acceptors (Lipinski definition) is 2. The van der Waals surface area contributed by atoms with Crippen LogP contribution in [0.3, 0.4) is 0 Å². The highest BCUT2D eigenvalue weighted by Gasteiger charge is 2.02. The molecule has 0 saturated heterocycles. The fourth-order valence-corrected chi connectivity index (χ4v) is 1.57. The maximum absolute atomic E-state index is 8.77. The van der Waals surface area contributed by atoms with Crippen LogP contribution < -0.4 is 5.32 Å². The fourth-order valence-electron chi connectivity index (χ4n) is 1.44. The van der Waals surface area contributed by atoms with E-state index in [2.05, 4.69) is 11.4 Å². The lowest BCUT2D eigenvalue weighted by atomic mass is 10.1. The van der Waals surface area contributed by atoms with Gasteiger partial charge in [-0.1, -0.05) is 30.7 Å². The highest BCUT2D eigenvalue weighted by atomic mass is 35.5. The van der Waals surface area contributed by atoms with E-state index in [0.29, 0.717) is 0 Å². The molecule has 2 nitrogen and oxygen atoms in total. The zero-order chi connectivity index (χ0) is 11.8. The molecule has 1 rings (SSSR count). The molecule has 0 aliphatic carbocycles. The van der Waals surface area contributed by atoms with Gasteiger partial charge in [-0.05, 0) is 37.1 Å². The minimum atomic E-state index is 0.130. The molecule has 1 unspecified atom stereocenters. The van der Waals surface area contributed by atoms with E-state index in [-0.39, 0.29) is 5.92 Å². The molecule has 1 atom stereocenters. The molecule has 0 aliphatic heterocycles. The summed E-state index contributed by atoms with van der Waals surface area (Å²) in [5.41, 5.74) is 1.27. The van der Waals surface area contributed by atoms with E-state index in [4.69, 9.17) is 16.9 Å². The number of nitrogens with zero attached hydrogens (tertiary/aromatic N) is 1. The Morgan fingerprint density at radius 1 is 1.38 bits per heavy atom. The highest BCUT2D eigenvalue weighted by molar-refractivity contribution is 6.30. The van der Waals surface area contributed by atoms with Crippen molar-refractivity contribution in [3.8, 4) is 6.07 Å². The standard InChI is InChI=1S/C13H17ClN2/c1-2-11(9-15)10-16-8-7-12-3-5-13(14)6-4-12/h3-6,11,16H,2,7-8,10H2,1H3. The summed E-state index contributed by atoms with van der Waals surface area (Å²) in [5, 5.41) is 12.8. The monoisotopic (exact) mass is 236 g/mol. The van der Waals surface area contributed by atoms with Gasteiger partial charge in [0.15, 0.2) is 0 Å². The zero-order valence-electron chi connectivity index (χ0n) is 9.54. The lowest BCUT2D eigenvalue weighted by Crippen LogP contribution is -2.23. The van der Waals surface area contributed by atoms with Crippen molar-refractivity contribution >= 4 is 11.6 Å². The Bertz CT molecular complexity index is 340. The van der Waals surface area contributed by atoms with E-state index in [1.54, 1.807) is 0 Å². The zero-order valence-corrected chi connectivity index (χ0v) is 10.3. The third kappa shape index (κ3) is 4.65. The number of rotatable bonds is 6. The molecule has 0 aliphatic rings. The van der Waals surface area contributed by atoms with Crippen LogP contribution >= 0.6 is 11.6 Å². The van der Waals surface area contributed by atoms with Gasteiger partial charge in [-0.25, -0.2) is 0 Å². The first kappa shape index (κ1) is 13.0. The predicted molar refractivity (Wildman–Crippen MR) is 67.4 cm³/mol. The first-order chi connectivity index (χ1) is 7.76. The molecule has 0 spiro atoms. The second kappa shape index (κ2) is 7.27. The Morgan fingerprint density at radius 2 is 2.06 bits per heavy atom. The maximum Gasteiger partial charge on any atom is 0.0669 e. The van der Waals surface area contributed by atoms with Crippen LogP contribution in [0.5, 0.6) is 0 Å². The molecule has 86 valence electrons. The Hall–Kier alpha value is -1.04. The van der Waals surface area contributed by atoms with E-state index < -0.39 is 0 Å². The van der Waals surface area contributed by atoms with Crippen molar-refractivity contribution in [3.63, 3.8) is 0 Å². The minimum absolute atomic E-state index is 0.130. The fraction of sp³-hybridized carbons (Fsp3) is 0.462. The van der Waals surface area contributed by atoms with Crippen LogP contribution in [-0.2, 0) is 6.42 Å². The van der Waals surface area contributed by atoms with E-state index in [1.165, 1.54) is 5.56 Å². The Kier molecular flexibility index (Phi) is 5.92. The van der Waals surface area contributed by atoms with Crippen LogP contribution in [-0.4, -0.2) is 13.1 Å². The van der Waals surface area contributed by atoms with Crippen molar-refractivity contribution in [2.75, 3.05) is 13.1 Å². The topological polar surface area (TPSA) is 35.8 Å². The summed E-state index contributed by atoms with van der Waals surface area (Å²) < 4.78 is 0. The number of nitriles is 1. The van der Waals surface area contributed by atoms with Crippen LogP contribution in [0.4, 0.5) is 0 Å². The van der Waals surface area contributed by atoms with Crippen molar-refractivity contribution in [2.45, 2.75) is 19.8 Å². The molecule has 1 N–H and O–H groups in total. The second-order valence-electron chi connectivity index (χ2n) is 3.81. The van der Waals surface area contributed by atoms with Crippen molar-refractivity contribution < 1.29 is 0 Å². The molecule has 0 saturated carbocycles. The van der Waals surface area contributed by atoms with Gasteiger partial charge in [-0.3, -0.25) is 0 Å². The van der Waals surface area contributed by atoms with E-state index in [9.17, 15) is 0 Å². The number of hydrogen-bond donors (Lipinski definition) is 1. The molecule has 1 aromatic rings. The molecule has 0 heterocycles. The van der Waals surface area contributed by atoms with Gasteiger partial charge >= 0.3 is 0 Å². The van der Waals surface area contributed by atoms with Gasteiger partial charge in [0.05, 0.1) is 12.0 Å². The third-order valence-electron chi connectivity index (χ3n) is 2.57. The average Bonchev–Trinajstić information content (AvgIpc) is 2.32. The molecular weight excluding hydrogens is 220 g/mol. The van der Waals surface area contributed by atoms with E-state index >= 15 is 0 Å². The lowest BCUT2D eigenvalue weighted by molar-refractivity contribution is 0.555. The second-order valence-corrected chi connectivity index (χ2v) is 4.25. The van der Waals surface area contributed by atoms with Crippen LogP contribution in [0, 0.1) is 17.2 Å². The van der Waals surface area contributed by atoms with Crippen molar-refractivity contribution in [1.29, 1.82) is 5.26 Å². The van der Waals surface area contributed by atoms with Crippen molar-refractivity contribution in [1.82, 2.24) is 5.32 Å². The molecular formula is C13H17ClN2. The summed E-state index contributed by atoms with van der Waals surface area (Å²) in [7, 11) is 0. The quantitative estimate of drug-likeness (QED) is 0.771. The van der Waals surface area contributed by atoms with Crippen molar-refractivity contribution in [2.24, 2.45) is 5.92 Å². The van der Waals surface area contributed by atoms with Crippen LogP contribution in [0.2, 0.25) is 5.02 Å². The van der Waals surface area contributed by atoms with Crippen LogP contribution in [0.1, 0.15) is 18.9 Å². The largest absolute Gasteiger partial charge is 0.315 e. The minimum Gasteiger partial charge on any atom is -0.315 e. The number of nitrogens with one attached hydrogen (secondary N) is 1. The average molecular weight is 237 g/mol. The third-order valence-corrected chi connectivity index (χ3v) is 2.82. The molecule has 1 aromatic carbocycles. The smallest absolute Gasteiger partial charge is 0.0669 e.